The van der Waals surface area contributed by atoms with Crippen LogP contribution in [0.25, 0.3) is 0 Å². The third kappa shape index (κ3) is 6.97. The van der Waals surface area contributed by atoms with Crippen LogP contribution in [0.2, 0.25) is 0 Å². The van der Waals surface area contributed by atoms with E-state index in [9.17, 15) is 14.0 Å². The minimum Gasteiger partial charge on any atom is -0.339 e. The fraction of sp³-hybridized carbons (Fsp3) is 0.273. The van der Waals surface area contributed by atoms with Gasteiger partial charge in [-0.2, -0.15) is 0 Å². The van der Waals surface area contributed by atoms with Gasteiger partial charge in [-0.1, -0.05) is 24.0 Å². The zero-order chi connectivity index (χ0) is 21.9. The largest absolute Gasteiger partial charge is 0.339 e. The second kappa shape index (κ2) is 11.7. The van der Waals surface area contributed by atoms with Crippen LogP contribution in [0.15, 0.2) is 48.5 Å². The number of carbonyl (C=O) groups is 2. The van der Waals surface area contributed by atoms with Crippen LogP contribution in [0.3, 0.4) is 0 Å². The molecule has 30 heavy (non-hydrogen) atoms. The summed E-state index contributed by atoms with van der Waals surface area (Å²) in [6.45, 7) is 2.09. The van der Waals surface area contributed by atoms with Crippen LogP contribution >= 0.6 is 0 Å². The maximum absolute atomic E-state index is 12.3. The van der Waals surface area contributed by atoms with E-state index in [1.165, 1.54) is 5.48 Å². The number of hydrogen-bond donors (Lipinski definition) is 5. The molecule has 2 atom stereocenters. The number of nitrogens with two attached hydrogens (primary N) is 1. The van der Waals surface area contributed by atoms with Gasteiger partial charge in [-0.05, 0) is 48.9 Å². The molecule has 0 aliphatic carbocycles. The fourth-order valence-electron chi connectivity index (χ4n) is 2.58. The van der Waals surface area contributed by atoms with Gasteiger partial charge in [-0.15, -0.1) is 0 Å². The van der Waals surface area contributed by atoms with Crippen LogP contribution < -0.4 is 21.8 Å². The van der Waals surface area contributed by atoms with Gasteiger partial charge in [0.1, 0.15) is 12.7 Å². The molecule has 7 nitrogen and oxygen atoms in total. The Morgan fingerprint density at radius 3 is 2.13 bits per heavy atom. The number of alkyl halides is 1. The zero-order valence-electron chi connectivity index (χ0n) is 16.6. The summed E-state index contributed by atoms with van der Waals surface area (Å²) in [6, 6.07) is 12.5. The first-order valence-corrected chi connectivity index (χ1v) is 9.42. The van der Waals surface area contributed by atoms with Gasteiger partial charge in [0.05, 0.1) is 0 Å². The van der Waals surface area contributed by atoms with Crippen LogP contribution in [0.4, 0.5) is 4.39 Å². The Kier molecular flexibility index (Phi) is 8.97. The summed E-state index contributed by atoms with van der Waals surface area (Å²) in [5.74, 6) is 4.79. The maximum Gasteiger partial charge on any atom is 0.267 e. The van der Waals surface area contributed by atoms with Crippen molar-refractivity contribution in [3.8, 4) is 11.8 Å². The van der Waals surface area contributed by atoms with Gasteiger partial charge in [0, 0.05) is 35.8 Å². The molecule has 0 aromatic heterocycles. The lowest BCUT2D eigenvalue weighted by Gasteiger charge is -2.20. The van der Waals surface area contributed by atoms with E-state index in [2.05, 4.69) is 22.5 Å². The summed E-state index contributed by atoms with van der Waals surface area (Å²) < 4.78 is 12.1. The monoisotopic (exact) mass is 412 g/mol. The summed E-state index contributed by atoms with van der Waals surface area (Å²) >= 11 is 0. The molecule has 0 aliphatic heterocycles. The van der Waals surface area contributed by atoms with E-state index in [0.717, 1.165) is 16.7 Å². The summed E-state index contributed by atoms with van der Waals surface area (Å²) in [7, 11) is 0. The lowest BCUT2D eigenvalue weighted by atomic mass is 10.1. The van der Waals surface area contributed by atoms with Crippen molar-refractivity contribution in [2.24, 2.45) is 5.73 Å². The first-order chi connectivity index (χ1) is 14.4. The number of rotatable bonds is 8. The Labute approximate surface area is 174 Å². The third-order valence-electron chi connectivity index (χ3n) is 4.26. The molecule has 2 amide bonds. The Morgan fingerprint density at radius 2 is 1.63 bits per heavy atom. The highest BCUT2D eigenvalue weighted by Gasteiger charge is 2.24. The molecule has 0 bridgehead atoms. The molecule has 2 rings (SSSR count). The van der Waals surface area contributed by atoms with Crippen LogP contribution in [-0.4, -0.2) is 42.3 Å². The molecule has 0 spiro atoms. The van der Waals surface area contributed by atoms with Gasteiger partial charge in [0.25, 0.3) is 11.8 Å². The van der Waals surface area contributed by atoms with Crippen LogP contribution in [0, 0.1) is 11.8 Å². The summed E-state index contributed by atoms with van der Waals surface area (Å²) in [6.07, 6.45) is 0. The van der Waals surface area contributed by atoms with Gasteiger partial charge >= 0.3 is 0 Å². The molecule has 0 saturated heterocycles. The van der Waals surface area contributed by atoms with E-state index in [-0.39, 0.29) is 0 Å². The molecule has 1 unspecified atom stereocenters. The number of hydroxylamine groups is 1. The number of nitrogens with one attached hydrogen (secondary N) is 3. The topological polar surface area (TPSA) is 116 Å². The number of hydrogen-bond acceptors (Lipinski definition) is 5. The van der Waals surface area contributed by atoms with Crippen molar-refractivity contribution in [1.29, 1.82) is 0 Å². The van der Waals surface area contributed by atoms with E-state index >= 15 is 0 Å². The van der Waals surface area contributed by atoms with Crippen molar-refractivity contribution in [3.05, 3.63) is 70.8 Å². The Hall–Kier alpha value is -3.25. The van der Waals surface area contributed by atoms with Gasteiger partial charge in [-0.3, -0.25) is 14.8 Å². The van der Waals surface area contributed by atoms with Gasteiger partial charge in [0.15, 0.2) is 0 Å². The maximum atomic E-state index is 12.3. The standard InChI is InChI=1S/C22H25FN4O3/c1-15(24)20(22(29)27-30)26-21(28)19-10-8-17(9-11-19)3-2-16-4-6-18(7-5-16)14-25-13-12-23/h4-11,15,20,25,30H,12-14,24H2,1H3,(H,26,28)(H,27,29)/t15-,20?/m1/s1. The molecular weight excluding hydrogens is 387 g/mol. The Morgan fingerprint density at radius 1 is 1.07 bits per heavy atom. The molecule has 2 aromatic rings. The summed E-state index contributed by atoms with van der Waals surface area (Å²) in [5.41, 5.74) is 10.1. The smallest absolute Gasteiger partial charge is 0.267 e. The highest BCUT2D eigenvalue weighted by atomic mass is 19.1. The molecule has 158 valence electrons. The van der Waals surface area contributed by atoms with Gasteiger partial charge in [0.2, 0.25) is 0 Å². The van der Waals surface area contributed by atoms with E-state index in [1.807, 2.05) is 24.3 Å². The first-order valence-electron chi connectivity index (χ1n) is 9.42. The molecule has 2 aromatic carbocycles. The average molecular weight is 412 g/mol. The fourth-order valence-corrected chi connectivity index (χ4v) is 2.58. The molecular formula is C22H25FN4O3. The number of carbonyl (C=O) groups excluding carboxylic acids is 2. The van der Waals surface area contributed by atoms with Gasteiger partial charge in [-0.25, -0.2) is 9.87 Å². The molecule has 6 N–H and O–H groups in total. The molecule has 0 heterocycles. The van der Waals surface area contributed by atoms with E-state index in [1.54, 1.807) is 31.2 Å². The Balaban J connectivity index is 1.99. The third-order valence-corrected chi connectivity index (χ3v) is 4.26. The number of amides is 2. The van der Waals surface area contributed by atoms with Crippen molar-refractivity contribution in [2.45, 2.75) is 25.6 Å². The predicted molar refractivity (Wildman–Crippen MR) is 111 cm³/mol. The number of benzene rings is 2. The molecule has 0 radical (unpaired) electrons. The predicted octanol–water partition coefficient (Wildman–Crippen LogP) is 1.10. The second-order valence-electron chi connectivity index (χ2n) is 6.68. The SMILES string of the molecule is C[C@@H](N)C(NC(=O)c1ccc(C#Cc2ccc(CNCCF)cc2)cc1)C(=O)NO. The Bertz CT molecular complexity index is 903. The van der Waals surface area contributed by atoms with Crippen molar-refractivity contribution >= 4 is 11.8 Å². The zero-order valence-corrected chi connectivity index (χ0v) is 16.6. The van der Waals surface area contributed by atoms with Crippen LogP contribution in [0.1, 0.15) is 34.0 Å². The van der Waals surface area contributed by atoms with E-state index < -0.39 is 30.6 Å². The second-order valence-corrected chi connectivity index (χ2v) is 6.68. The van der Waals surface area contributed by atoms with Crippen molar-refractivity contribution in [1.82, 2.24) is 16.1 Å². The molecule has 0 aliphatic rings. The normalized spacial score (nSPS) is 12.3. The highest BCUT2D eigenvalue weighted by molar-refractivity contribution is 5.97. The lowest BCUT2D eigenvalue weighted by Crippen LogP contribution is -2.54. The minimum atomic E-state index is -1.06. The van der Waals surface area contributed by atoms with E-state index in [0.29, 0.717) is 18.7 Å². The number of halogens is 1. The van der Waals surface area contributed by atoms with Crippen molar-refractivity contribution in [3.63, 3.8) is 0 Å². The van der Waals surface area contributed by atoms with Crippen molar-refractivity contribution < 1.29 is 19.2 Å². The molecule has 8 heteroatoms. The highest BCUT2D eigenvalue weighted by Crippen LogP contribution is 2.07. The first kappa shape index (κ1) is 23.0. The quantitative estimate of drug-likeness (QED) is 0.193. The van der Waals surface area contributed by atoms with Crippen LogP contribution in [-0.2, 0) is 11.3 Å². The molecule has 0 fully saturated rings. The summed E-state index contributed by atoms with van der Waals surface area (Å²) in [4.78, 5) is 23.9. The van der Waals surface area contributed by atoms with Crippen LogP contribution in [0.5, 0.6) is 0 Å². The average Bonchev–Trinajstić information content (AvgIpc) is 2.76. The summed E-state index contributed by atoms with van der Waals surface area (Å²) in [5, 5.41) is 14.2. The lowest BCUT2D eigenvalue weighted by molar-refractivity contribution is -0.131. The van der Waals surface area contributed by atoms with Gasteiger partial charge < -0.3 is 16.4 Å². The van der Waals surface area contributed by atoms with E-state index in [4.69, 9.17) is 10.9 Å². The molecule has 0 saturated carbocycles. The minimum absolute atomic E-state index is 0.329. The van der Waals surface area contributed by atoms with Crippen molar-refractivity contribution in [2.75, 3.05) is 13.2 Å².